The topological polar surface area (TPSA) is 71.1 Å². The van der Waals surface area contributed by atoms with Crippen LogP contribution in [0, 0.1) is 5.92 Å². The molecule has 1 aliphatic heterocycles. The monoisotopic (exact) mass is 397 g/mol. The Kier molecular flexibility index (Phi) is 7.74. The van der Waals surface area contributed by atoms with E-state index >= 15 is 0 Å². The van der Waals surface area contributed by atoms with Gasteiger partial charge in [0.15, 0.2) is 0 Å². The van der Waals surface area contributed by atoms with Gasteiger partial charge in [-0.25, -0.2) is 0 Å². The van der Waals surface area contributed by atoms with Gasteiger partial charge in [-0.05, 0) is 12.0 Å². The van der Waals surface area contributed by atoms with Crippen LogP contribution in [0.15, 0.2) is 12.1 Å². The third-order valence-electron chi connectivity index (χ3n) is 4.42. The summed E-state index contributed by atoms with van der Waals surface area (Å²) < 4.78 is 10.5. The lowest BCUT2D eigenvalue weighted by Gasteiger charge is -2.34. The first-order valence-corrected chi connectivity index (χ1v) is 9.43. The fraction of sp³-hybridized carbons (Fsp3) is 0.579. The maximum absolute atomic E-state index is 12.4. The highest BCUT2D eigenvalue weighted by molar-refractivity contribution is 6.32. The van der Waals surface area contributed by atoms with E-state index in [1.165, 1.54) is 14.2 Å². The maximum atomic E-state index is 12.4. The summed E-state index contributed by atoms with van der Waals surface area (Å²) in [4.78, 5) is 28.4. The molecule has 1 N–H and O–H groups in total. The van der Waals surface area contributed by atoms with Gasteiger partial charge in [0.2, 0.25) is 11.8 Å². The standard InChI is InChI=1S/C19H28ClN3O4/c1-13(2)9-19(25)23-7-5-22(6-8-23)12-18(24)21-15-10-14(20)16(26-3)11-17(15)27-4/h10-11,13H,5-9,12H2,1-4H3,(H,21,24). The molecule has 1 aromatic rings. The second-order valence-electron chi connectivity index (χ2n) is 6.99. The van der Waals surface area contributed by atoms with E-state index in [1.54, 1.807) is 12.1 Å². The lowest BCUT2D eigenvalue weighted by atomic mass is 10.1. The van der Waals surface area contributed by atoms with Gasteiger partial charge in [0.25, 0.3) is 0 Å². The Balaban J connectivity index is 1.88. The third kappa shape index (κ3) is 6.01. The normalized spacial score (nSPS) is 15.0. The SMILES string of the molecule is COc1cc(OC)c(NC(=O)CN2CCN(C(=O)CC(C)C)CC2)cc1Cl. The van der Waals surface area contributed by atoms with Crippen LogP contribution < -0.4 is 14.8 Å². The Bertz CT molecular complexity index is 673. The van der Waals surface area contributed by atoms with Crippen LogP contribution in [0.2, 0.25) is 5.02 Å². The quantitative estimate of drug-likeness (QED) is 0.765. The number of benzene rings is 1. The minimum Gasteiger partial charge on any atom is -0.495 e. The number of rotatable bonds is 7. The van der Waals surface area contributed by atoms with Crippen molar-refractivity contribution in [2.75, 3.05) is 52.3 Å². The summed E-state index contributed by atoms with van der Waals surface area (Å²) in [6.07, 6.45) is 0.568. The van der Waals surface area contributed by atoms with Crippen LogP contribution in [-0.2, 0) is 9.59 Å². The van der Waals surface area contributed by atoms with Crippen LogP contribution in [0.25, 0.3) is 0 Å². The largest absolute Gasteiger partial charge is 0.495 e. The minimum atomic E-state index is -0.156. The number of ether oxygens (including phenoxy) is 2. The van der Waals surface area contributed by atoms with E-state index in [0.29, 0.717) is 60.7 Å². The molecule has 1 fully saturated rings. The van der Waals surface area contributed by atoms with Crippen LogP contribution in [-0.4, -0.2) is 68.6 Å². The minimum absolute atomic E-state index is 0.156. The molecule has 0 radical (unpaired) electrons. The van der Waals surface area contributed by atoms with E-state index in [4.69, 9.17) is 21.1 Å². The number of amides is 2. The van der Waals surface area contributed by atoms with Gasteiger partial charge >= 0.3 is 0 Å². The molecule has 150 valence electrons. The van der Waals surface area contributed by atoms with Gasteiger partial charge in [-0.3, -0.25) is 14.5 Å². The first-order valence-electron chi connectivity index (χ1n) is 9.05. The average molecular weight is 398 g/mol. The highest BCUT2D eigenvalue weighted by Gasteiger charge is 2.23. The number of anilines is 1. The number of carbonyl (C=O) groups excluding carboxylic acids is 2. The molecule has 0 bridgehead atoms. The van der Waals surface area contributed by atoms with Gasteiger partial charge in [-0.15, -0.1) is 0 Å². The Hall–Kier alpha value is -1.99. The number of methoxy groups -OCH3 is 2. The van der Waals surface area contributed by atoms with Crippen molar-refractivity contribution in [3.8, 4) is 11.5 Å². The Morgan fingerprint density at radius 1 is 1.11 bits per heavy atom. The molecule has 2 rings (SSSR count). The summed E-state index contributed by atoms with van der Waals surface area (Å²) >= 11 is 6.14. The smallest absolute Gasteiger partial charge is 0.238 e. The van der Waals surface area contributed by atoms with E-state index in [9.17, 15) is 9.59 Å². The van der Waals surface area contributed by atoms with Crippen molar-refractivity contribution < 1.29 is 19.1 Å². The lowest BCUT2D eigenvalue weighted by Crippen LogP contribution is -2.50. The highest BCUT2D eigenvalue weighted by Crippen LogP contribution is 2.35. The summed E-state index contributed by atoms with van der Waals surface area (Å²) in [6, 6.07) is 3.25. The van der Waals surface area contributed by atoms with Crippen molar-refractivity contribution >= 4 is 29.1 Å². The third-order valence-corrected chi connectivity index (χ3v) is 4.72. The molecule has 0 spiro atoms. The Morgan fingerprint density at radius 3 is 2.30 bits per heavy atom. The molecule has 0 aliphatic carbocycles. The van der Waals surface area contributed by atoms with E-state index in [1.807, 2.05) is 23.6 Å². The first kappa shape index (κ1) is 21.3. The predicted octanol–water partition coefficient (Wildman–Crippen LogP) is 2.49. The van der Waals surface area contributed by atoms with Crippen molar-refractivity contribution in [3.63, 3.8) is 0 Å². The summed E-state index contributed by atoms with van der Waals surface area (Å²) in [5.74, 6) is 1.35. The summed E-state index contributed by atoms with van der Waals surface area (Å²) in [6.45, 7) is 6.98. The van der Waals surface area contributed by atoms with E-state index in [-0.39, 0.29) is 18.4 Å². The maximum Gasteiger partial charge on any atom is 0.238 e. The zero-order chi connectivity index (χ0) is 20.0. The molecule has 0 atom stereocenters. The van der Waals surface area contributed by atoms with Crippen LogP contribution in [0.1, 0.15) is 20.3 Å². The molecular formula is C19H28ClN3O4. The number of nitrogens with one attached hydrogen (secondary N) is 1. The summed E-state index contributed by atoms with van der Waals surface area (Å²) in [5, 5.41) is 3.23. The molecule has 27 heavy (non-hydrogen) atoms. The van der Waals surface area contributed by atoms with Crippen molar-refractivity contribution in [1.82, 2.24) is 9.80 Å². The lowest BCUT2D eigenvalue weighted by molar-refractivity contribution is -0.133. The molecule has 0 aromatic heterocycles. The number of hydrogen-bond donors (Lipinski definition) is 1. The highest BCUT2D eigenvalue weighted by atomic mass is 35.5. The fourth-order valence-electron chi connectivity index (χ4n) is 2.98. The van der Waals surface area contributed by atoms with E-state index in [0.717, 1.165) is 0 Å². The molecule has 1 saturated heterocycles. The molecular weight excluding hydrogens is 370 g/mol. The van der Waals surface area contributed by atoms with Crippen molar-refractivity contribution in [3.05, 3.63) is 17.2 Å². The van der Waals surface area contributed by atoms with Gasteiger partial charge < -0.3 is 19.7 Å². The zero-order valence-corrected chi connectivity index (χ0v) is 17.1. The van der Waals surface area contributed by atoms with Crippen molar-refractivity contribution in [2.45, 2.75) is 20.3 Å². The van der Waals surface area contributed by atoms with Crippen LogP contribution >= 0.6 is 11.6 Å². The summed E-state index contributed by atoms with van der Waals surface area (Å²) in [5.41, 5.74) is 0.499. The Labute approximate surface area is 165 Å². The van der Waals surface area contributed by atoms with Gasteiger partial charge in [0.1, 0.15) is 11.5 Å². The van der Waals surface area contributed by atoms with Crippen LogP contribution in [0.3, 0.4) is 0 Å². The van der Waals surface area contributed by atoms with Gasteiger partial charge in [0.05, 0.1) is 31.5 Å². The number of hydrogen-bond acceptors (Lipinski definition) is 5. The second kappa shape index (κ2) is 9.80. The first-order chi connectivity index (χ1) is 12.8. The number of piperazine rings is 1. The van der Waals surface area contributed by atoms with E-state index in [2.05, 4.69) is 5.32 Å². The number of nitrogens with zero attached hydrogens (tertiary/aromatic N) is 2. The molecule has 8 heteroatoms. The van der Waals surface area contributed by atoms with Gasteiger partial charge in [-0.1, -0.05) is 25.4 Å². The summed E-state index contributed by atoms with van der Waals surface area (Å²) in [7, 11) is 3.04. The zero-order valence-electron chi connectivity index (χ0n) is 16.4. The molecule has 2 amide bonds. The Morgan fingerprint density at radius 2 is 1.74 bits per heavy atom. The van der Waals surface area contributed by atoms with Gasteiger partial charge in [-0.2, -0.15) is 0 Å². The van der Waals surface area contributed by atoms with Crippen molar-refractivity contribution in [2.24, 2.45) is 5.92 Å². The van der Waals surface area contributed by atoms with Crippen molar-refractivity contribution in [1.29, 1.82) is 0 Å². The molecule has 7 nitrogen and oxygen atoms in total. The van der Waals surface area contributed by atoms with Crippen LogP contribution in [0.4, 0.5) is 5.69 Å². The molecule has 1 aromatic carbocycles. The molecule has 1 heterocycles. The van der Waals surface area contributed by atoms with E-state index < -0.39 is 0 Å². The molecule has 1 aliphatic rings. The number of carbonyl (C=O) groups is 2. The molecule has 0 unspecified atom stereocenters. The number of halogens is 1. The average Bonchev–Trinajstić information content (AvgIpc) is 2.62. The van der Waals surface area contributed by atoms with Gasteiger partial charge in [0, 0.05) is 38.7 Å². The predicted molar refractivity (Wildman–Crippen MR) is 106 cm³/mol. The van der Waals surface area contributed by atoms with Crippen LogP contribution in [0.5, 0.6) is 11.5 Å². The second-order valence-corrected chi connectivity index (χ2v) is 7.40. The molecule has 0 saturated carbocycles. The fourth-order valence-corrected chi connectivity index (χ4v) is 3.23.